The highest BCUT2D eigenvalue weighted by molar-refractivity contribution is 5.88. The van der Waals surface area contributed by atoms with Crippen LogP contribution >= 0.6 is 0 Å². The minimum Gasteiger partial charge on any atom is -0.480 e. The van der Waals surface area contributed by atoms with E-state index in [-0.39, 0.29) is 25.0 Å². The van der Waals surface area contributed by atoms with Crippen molar-refractivity contribution in [2.24, 2.45) is 11.3 Å². The molecule has 0 spiro atoms. The zero-order valence-electron chi connectivity index (χ0n) is 24.8. The molecular formula is C34H40N2O6. The van der Waals surface area contributed by atoms with E-state index in [0.29, 0.717) is 0 Å². The van der Waals surface area contributed by atoms with Gasteiger partial charge in [-0.1, -0.05) is 92.7 Å². The first kappa shape index (κ1) is 30.8. The fourth-order valence-corrected chi connectivity index (χ4v) is 5.69. The van der Waals surface area contributed by atoms with E-state index in [4.69, 9.17) is 9.47 Å². The highest BCUT2D eigenvalue weighted by Crippen LogP contribution is 2.44. The van der Waals surface area contributed by atoms with Gasteiger partial charge in [-0.05, 0) is 54.5 Å². The molecule has 3 aromatic carbocycles. The maximum Gasteiger partial charge on any atom is 0.407 e. The topological polar surface area (TPSA) is 114 Å². The lowest BCUT2D eigenvalue weighted by atomic mass is 9.77. The smallest absolute Gasteiger partial charge is 0.407 e. The Morgan fingerprint density at radius 3 is 1.93 bits per heavy atom. The molecule has 0 heterocycles. The number of rotatable bonds is 12. The van der Waals surface area contributed by atoms with Crippen molar-refractivity contribution >= 4 is 18.0 Å². The molecule has 42 heavy (non-hydrogen) atoms. The number of carboxylic acids is 1. The molecule has 8 heteroatoms. The van der Waals surface area contributed by atoms with Crippen molar-refractivity contribution in [1.29, 1.82) is 0 Å². The number of carboxylic acid groups (broad SMARTS) is 1. The standard InChI is InChI=1S/C34H40N2O6/c1-21(2)30(34(4,5)32(39)35-29(31(37)38)22(3)41-19-23-13-7-6-8-14-23)36-33(40)42-20-28-26-17-11-9-15-24(26)25-16-10-12-18-27(25)28/h6-18,21-22,28-30H,19-20H2,1-5H3,(H,35,39)(H,36,40)(H,37,38)/t22-,29+,30?/m0/s1. The SMILES string of the molecule is CC(C)C(NC(=O)OCC1c2ccccc2-c2ccccc21)C(C)(C)C(=O)N[C@@H](C(=O)O)[C@H](C)OCc1ccccc1. The summed E-state index contributed by atoms with van der Waals surface area (Å²) in [6, 6.07) is 23.7. The van der Waals surface area contributed by atoms with Crippen LogP contribution < -0.4 is 10.6 Å². The predicted octanol–water partition coefficient (Wildman–Crippen LogP) is 5.75. The summed E-state index contributed by atoms with van der Waals surface area (Å²) < 4.78 is 11.5. The lowest BCUT2D eigenvalue weighted by Crippen LogP contribution is -2.59. The van der Waals surface area contributed by atoms with Gasteiger partial charge in [-0.2, -0.15) is 0 Å². The number of nitrogens with one attached hydrogen (secondary N) is 2. The molecule has 1 unspecified atom stereocenters. The van der Waals surface area contributed by atoms with Crippen LogP contribution in [0.2, 0.25) is 0 Å². The van der Waals surface area contributed by atoms with Gasteiger partial charge in [0.15, 0.2) is 6.04 Å². The summed E-state index contributed by atoms with van der Waals surface area (Å²) in [5, 5.41) is 15.4. The van der Waals surface area contributed by atoms with Crippen LogP contribution in [0.1, 0.15) is 57.2 Å². The molecule has 3 N–H and O–H groups in total. The van der Waals surface area contributed by atoms with E-state index in [1.165, 1.54) is 0 Å². The third kappa shape index (κ3) is 6.82. The molecule has 0 aliphatic heterocycles. The first-order valence-corrected chi connectivity index (χ1v) is 14.3. The average molecular weight is 573 g/mol. The quantitative estimate of drug-likeness (QED) is 0.255. The second kappa shape index (κ2) is 13.2. The molecule has 0 aromatic heterocycles. The van der Waals surface area contributed by atoms with Crippen molar-refractivity contribution in [2.45, 2.75) is 65.3 Å². The molecule has 0 bridgehead atoms. The molecule has 8 nitrogen and oxygen atoms in total. The van der Waals surface area contributed by atoms with E-state index in [0.717, 1.165) is 27.8 Å². The van der Waals surface area contributed by atoms with Crippen LogP contribution in [0, 0.1) is 11.3 Å². The van der Waals surface area contributed by atoms with Crippen LogP contribution in [-0.4, -0.2) is 47.9 Å². The summed E-state index contributed by atoms with van der Waals surface area (Å²) in [6.45, 7) is 9.13. The molecule has 0 radical (unpaired) electrons. The number of hydrogen-bond acceptors (Lipinski definition) is 5. The Morgan fingerprint density at radius 1 is 0.833 bits per heavy atom. The van der Waals surface area contributed by atoms with Crippen LogP contribution in [0.4, 0.5) is 4.79 Å². The minimum atomic E-state index is -1.28. The van der Waals surface area contributed by atoms with Gasteiger partial charge in [-0.25, -0.2) is 9.59 Å². The van der Waals surface area contributed by atoms with Crippen molar-refractivity contribution in [1.82, 2.24) is 10.6 Å². The average Bonchev–Trinajstić information content (AvgIpc) is 3.29. The zero-order valence-corrected chi connectivity index (χ0v) is 24.8. The number of amides is 2. The highest BCUT2D eigenvalue weighted by Gasteiger charge is 2.42. The summed E-state index contributed by atoms with van der Waals surface area (Å²) in [6.07, 6.45) is -1.43. The summed E-state index contributed by atoms with van der Waals surface area (Å²) >= 11 is 0. The Morgan fingerprint density at radius 2 is 1.38 bits per heavy atom. The van der Waals surface area contributed by atoms with E-state index in [1.807, 2.05) is 68.4 Å². The molecule has 2 amide bonds. The monoisotopic (exact) mass is 572 g/mol. The largest absolute Gasteiger partial charge is 0.480 e. The van der Waals surface area contributed by atoms with E-state index in [1.54, 1.807) is 20.8 Å². The van der Waals surface area contributed by atoms with Crippen molar-refractivity contribution in [2.75, 3.05) is 6.61 Å². The second-order valence-electron chi connectivity index (χ2n) is 11.7. The predicted molar refractivity (Wildman–Crippen MR) is 161 cm³/mol. The maximum atomic E-state index is 13.5. The fourth-order valence-electron chi connectivity index (χ4n) is 5.69. The van der Waals surface area contributed by atoms with Crippen LogP contribution in [-0.2, 0) is 25.7 Å². The number of benzene rings is 3. The Kier molecular flexibility index (Phi) is 9.68. The number of aliphatic carboxylic acids is 1. The number of ether oxygens (including phenoxy) is 2. The summed E-state index contributed by atoms with van der Waals surface area (Å²) in [4.78, 5) is 38.7. The number of alkyl carbamates (subject to hydrolysis) is 1. The van der Waals surface area contributed by atoms with E-state index < -0.39 is 41.6 Å². The lowest BCUT2D eigenvalue weighted by Gasteiger charge is -2.37. The Bertz CT molecular complexity index is 1360. The summed E-state index contributed by atoms with van der Waals surface area (Å²) in [7, 11) is 0. The van der Waals surface area contributed by atoms with E-state index in [9.17, 15) is 19.5 Å². The molecule has 222 valence electrons. The van der Waals surface area contributed by atoms with Gasteiger partial charge < -0.3 is 25.2 Å². The Labute approximate surface area is 247 Å². The van der Waals surface area contributed by atoms with Gasteiger partial charge in [0, 0.05) is 12.0 Å². The Balaban J connectivity index is 1.40. The second-order valence-corrected chi connectivity index (χ2v) is 11.7. The Hall–Kier alpha value is -4.17. The van der Waals surface area contributed by atoms with Crippen LogP contribution in [0.25, 0.3) is 11.1 Å². The molecule has 1 aliphatic rings. The number of carbonyl (C=O) groups is 3. The molecule has 0 saturated carbocycles. The maximum absolute atomic E-state index is 13.5. The van der Waals surface area contributed by atoms with Gasteiger partial charge >= 0.3 is 12.1 Å². The third-order valence-corrected chi connectivity index (χ3v) is 8.02. The number of carbonyl (C=O) groups excluding carboxylic acids is 2. The van der Waals surface area contributed by atoms with Gasteiger partial charge in [0.1, 0.15) is 6.61 Å². The summed E-state index contributed by atoms with van der Waals surface area (Å²) in [5.41, 5.74) is 4.22. The van der Waals surface area contributed by atoms with Crippen molar-refractivity contribution in [3.8, 4) is 11.1 Å². The van der Waals surface area contributed by atoms with Crippen LogP contribution in [0.5, 0.6) is 0 Å². The molecule has 1 aliphatic carbocycles. The van der Waals surface area contributed by atoms with Crippen LogP contribution in [0.3, 0.4) is 0 Å². The van der Waals surface area contributed by atoms with Gasteiger partial charge in [-0.15, -0.1) is 0 Å². The number of hydrogen-bond donors (Lipinski definition) is 3. The zero-order chi connectivity index (χ0) is 30.4. The van der Waals surface area contributed by atoms with Gasteiger partial charge in [0.25, 0.3) is 0 Å². The molecule has 3 aromatic rings. The van der Waals surface area contributed by atoms with E-state index in [2.05, 4.69) is 34.9 Å². The van der Waals surface area contributed by atoms with Gasteiger partial charge in [0.05, 0.1) is 18.1 Å². The minimum absolute atomic E-state index is 0.0920. The van der Waals surface area contributed by atoms with Gasteiger partial charge in [0.2, 0.25) is 5.91 Å². The molecule has 0 fully saturated rings. The number of fused-ring (bicyclic) bond motifs is 3. The molecular weight excluding hydrogens is 532 g/mol. The first-order chi connectivity index (χ1) is 20.0. The summed E-state index contributed by atoms with van der Waals surface area (Å²) in [5.74, 6) is -1.96. The molecule has 3 atom stereocenters. The molecule has 4 rings (SSSR count). The first-order valence-electron chi connectivity index (χ1n) is 14.3. The van der Waals surface area contributed by atoms with Crippen LogP contribution in [0.15, 0.2) is 78.9 Å². The van der Waals surface area contributed by atoms with E-state index >= 15 is 0 Å². The fraction of sp³-hybridized carbons (Fsp3) is 0.382. The normalized spacial score (nSPS) is 14.8. The highest BCUT2D eigenvalue weighted by atomic mass is 16.5. The lowest BCUT2D eigenvalue weighted by molar-refractivity contribution is -0.148. The molecule has 0 saturated heterocycles. The third-order valence-electron chi connectivity index (χ3n) is 8.02. The van der Waals surface area contributed by atoms with Crippen molar-refractivity contribution in [3.63, 3.8) is 0 Å². The van der Waals surface area contributed by atoms with Gasteiger partial charge in [-0.3, -0.25) is 4.79 Å². The van der Waals surface area contributed by atoms with Crippen molar-refractivity contribution in [3.05, 3.63) is 95.6 Å². The van der Waals surface area contributed by atoms with Crippen molar-refractivity contribution < 1.29 is 29.0 Å².